The second-order valence-corrected chi connectivity index (χ2v) is 6.40. The highest BCUT2D eigenvalue weighted by Crippen LogP contribution is 2.23. The SMILES string of the molecule is CN(C)c1ccc(Nc2nccc(N3CCC(C(=O)O)CC3)n2)cc1. The van der Waals surface area contributed by atoms with E-state index in [9.17, 15) is 4.79 Å². The molecule has 1 fully saturated rings. The Morgan fingerprint density at radius 3 is 2.48 bits per heavy atom. The van der Waals surface area contributed by atoms with Crippen LogP contribution in [0, 0.1) is 5.92 Å². The quantitative estimate of drug-likeness (QED) is 0.865. The van der Waals surface area contributed by atoms with Crippen LogP contribution >= 0.6 is 0 Å². The number of carboxylic acid groups (broad SMARTS) is 1. The lowest BCUT2D eigenvalue weighted by Gasteiger charge is -2.31. The van der Waals surface area contributed by atoms with Crippen molar-refractivity contribution in [3.05, 3.63) is 36.5 Å². The zero-order chi connectivity index (χ0) is 17.8. The second kappa shape index (κ2) is 7.38. The van der Waals surface area contributed by atoms with Gasteiger partial charge in [0.05, 0.1) is 5.92 Å². The van der Waals surface area contributed by atoms with Gasteiger partial charge < -0.3 is 20.2 Å². The first kappa shape index (κ1) is 17.0. The molecule has 0 bridgehead atoms. The zero-order valence-corrected chi connectivity index (χ0v) is 14.5. The first-order valence-corrected chi connectivity index (χ1v) is 8.38. The Morgan fingerprint density at radius 1 is 1.20 bits per heavy atom. The highest BCUT2D eigenvalue weighted by Gasteiger charge is 2.25. The monoisotopic (exact) mass is 341 g/mol. The average molecular weight is 341 g/mol. The molecular weight excluding hydrogens is 318 g/mol. The molecule has 7 heteroatoms. The highest BCUT2D eigenvalue weighted by molar-refractivity contribution is 5.70. The van der Waals surface area contributed by atoms with Gasteiger partial charge >= 0.3 is 5.97 Å². The van der Waals surface area contributed by atoms with Crippen molar-refractivity contribution in [3.8, 4) is 0 Å². The van der Waals surface area contributed by atoms with Crippen LogP contribution in [0.2, 0.25) is 0 Å². The molecule has 1 aromatic heterocycles. The molecule has 0 atom stereocenters. The van der Waals surface area contributed by atoms with Crippen LogP contribution in [0.1, 0.15) is 12.8 Å². The van der Waals surface area contributed by atoms with Gasteiger partial charge in [-0.25, -0.2) is 4.98 Å². The summed E-state index contributed by atoms with van der Waals surface area (Å²) in [4.78, 5) is 24.1. The molecule has 25 heavy (non-hydrogen) atoms. The van der Waals surface area contributed by atoms with Crippen LogP contribution in [0.25, 0.3) is 0 Å². The van der Waals surface area contributed by atoms with E-state index in [1.165, 1.54) is 0 Å². The smallest absolute Gasteiger partial charge is 0.306 e. The number of nitrogens with one attached hydrogen (secondary N) is 1. The maximum atomic E-state index is 11.1. The largest absolute Gasteiger partial charge is 0.481 e. The number of aliphatic carboxylic acids is 1. The summed E-state index contributed by atoms with van der Waals surface area (Å²) in [6.07, 6.45) is 3.02. The van der Waals surface area contributed by atoms with Crippen LogP contribution in [-0.2, 0) is 4.79 Å². The molecule has 0 aliphatic carbocycles. The Kier molecular flexibility index (Phi) is 5.02. The summed E-state index contributed by atoms with van der Waals surface area (Å²) in [5.41, 5.74) is 2.05. The van der Waals surface area contributed by atoms with E-state index in [-0.39, 0.29) is 5.92 Å². The molecule has 0 spiro atoms. The van der Waals surface area contributed by atoms with Crippen LogP contribution in [0.5, 0.6) is 0 Å². The summed E-state index contributed by atoms with van der Waals surface area (Å²) in [6.45, 7) is 1.40. The number of hydrogen-bond acceptors (Lipinski definition) is 6. The van der Waals surface area contributed by atoms with E-state index in [0.717, 1.165) is 17.2 Å². The number of anilines is 4. The van der Waals surface area contributed by atoms with Gasteiger partial charge in [0.1, 0.15) is 5.82 Å². The van der Waals surface area contributed by atoms with Gasteiger partial charge in [0.15, 0.2) is 0 Å². The van der Waals surface area contributed by atoms with Crippen molar-refractivity contribution in [3.63, 3.8) is 0 Å². The van der Waals surface area contributed by atoms with Crippen LogP contribution in [0.4, 0.5) is 23.1 Å². The lowest BCUT2D eigenvalue weighted by Crippen LogP contribution is -2.36. The fourth-order valence-electron chi connectivity index (χ4n) is 2.91. The Bertz CT molecular complexity index is 725. The molecule has 132 valence electrons. The Morgan fingerprint density at radius 2 is 1.88 bits per heavy atom. The van der Waals surface area contributed by atoms with E-state index in [1.54, 1.807) is 6.20 Å². The number of aromatic nitrogens is 2. The van der Waals surface area contributed by atoms with Gasteiger partial charge in [0, 0.05) is 44.8 Å². The summed E-state index contributed by atoms with van der Waals surface area (Å²) in [7, 11) is 4.01. The van der Waals surface area contributed by atoms with Gasteiger partial charge in [-0.2, -0.15) is 4.98 Å². The van der Waals surface area contributed by atoms with Crippen LogP contribution in [0.3, 0.4) is 0 Å². The van der Waals surface area contributed by atoms with Crippen molar-refractivity contribution < 1.29 is 9.90 Å². The first-order chi connectivity index (χ1) is 12.0. The fraction of sp³-hybridized carbons (Fsp3) is 0.389. The molecule has 7 nitrogen and oxygen atoms in total. The average Bonchev–Trinajstić information content (AvgIpc) is 2.62. The zero-order valence-electron chi connectivity index (χ0n) is 14.5. The van der Waals surface area contributed by atoms with Crippen LogP contribution in [0.15, 0.2) is 36.5 Å². The number of rotatable bonds is 5. The van der Waals surface area contributed by atoms with Crippen molar-refractivity contribution in [2.75, 3.05) is 42.3 Å². The first-order valence-electron chi connectivity index (χ1n) is 8.38. The maximum absolute atomic E-state index is 11.1. The molecule has 2 aromatic rings. The van der Waals surface area contributed by atoms with Crippen molar-refractivity contribution in [2.24, 2.45) is 5.92 Å². The van der Waals surface area contributed by atoms with E-state index in [2.05, 4.69) is 20.2 Å². The minimum atomic E-state index is -0.703. The Labute approximate surface area is 147 Å². The molecule has 0 radical (unpaired) electrons. The highest BCUT2D eigenvalue weighted by atomic mass is 16.4. The number of hydrogen-bond donors (Lipinski definition) is 2. The molecule has 3 rings (SSSR count). The minimum absolute atomic E-state index is 0.245. The predicted octanol–water partition coefficient (Wildman–Crippen LogP) is 2.59. The fourth-order valence-corrected chi connectivity index (χ4v) is 2.91. The van der Waals surface area contributed by atoms with Crippen LogP contribution < -0.4 is 15.1 Å². The van der Waals surface area contributed by atoms with Gasteiger partial charge in [-0.3, -0.25) is 4.79 Å². The maximum Gasteiger partial charge on any atom is 0.306 e. The third kappa shape index (κ3) is 4.17. The molecule has 2 heterocycles. The van der Waals surface area contributed by atoms with E-state index in [1.807, 2.05) is 49.3 Å². The Hall–Kier alpha value is -2.83. The van der Waals surface area contributed by atoms with E-state index < -0.39 is 5.97 Å². The number of carboxylic acids is 1. The summed E-state index contributed by atoms with van der Waals surface area (Å²) in [5, 5.41) is 12.3. The molecule has 1 aliphatic rings. The normalized spacial score (nSPS) is 15.0. The van der Waals surface area contributed by atoms with Gasteiger partial charge in [0.25, 0.3) is 0 Å². The minimum Gasteiger partial charge on any atom is -0.481 e. The molecule has 1 aromatic carbocycles. The van der Waals surface area contributed by atoms with E-state index in [4.69, 9.17) is 5.11 Å². The van der Waals surface area contributed by atoms with Crippen molar-refractivity contribution in [1.29, 1.82) is 0 Å². The van der Waals surface area contributed by atoms with E-state index >= 15 is 0 Å². The van der Waals surface area contributed by atoms with Crippen molar-refractivity contribution in [1.82, 2.24) is 9.97 Å². The van der Waals surface area contributed by atoms with Gasteiger partial charge in [-0.05, 0) is 43.2 Å². The summed E-state index contributed by atoms with van der Waals surface area (Å²) < 4.78 is 0. The van der Waals surface area contributed by atoms with Crippen LogP contribution in [-0.4, -0.2) is 48.2 Å². The third-order valence-electron chi connectivity index (χ3n) is 4.45. The number of piperidine rings is 1. The van der Waals surface area contributed by atoms with Crippen molar-refractivity contribution in [2.45, 2.75) is 12.8 Å². The molecule has 2 N–H and O–H groups in total. The predicted molar refractivity (Wildman–Crippen MR) is 98.7 cm³/mol. The summed E-state index contributed by atoms with van der Waals surface area (Å²) >= 11 is 0. The van der Waals surface area contributed by atoms with Gasteiger partial charge in [-0.1, -0.05) is 0 Å². The molecule has 0 saturated carbocycles. The summed E-state index contributed by atoms with van der Waals surface area (Å²) in [6, 6.07) is 9.90. The molecular formula is C18H23N5O2. The third-order valence-corrected chi connectivity index (χ3v) is 4.45. The number of nitrogens with zero attached hydrogens (tertiary/aromatic N) is 4. The molecule has 0 amide bonds. The van der Waals surface area contributed by atoms with Gasteiger partial charge in [-0.15, -0.1) is 0 Å². The molecule has 0 unspecified atom stereocenters. The molecule has 1 saturated heterocycles. The van der Waals surface area contributed by atoms with Gasteiger partial charge in [0.2, 0.25) is 5.95 Å². The standard InChI is InChI=1S/C18H23N5O2/c1-22(2)15-5-3-14(4-6-15)20-18-19-10-7-16(21-18)23-11-8-13(9-12-23)17(24)25/h3-7,10,13H,8-9,11-12H2,1-2H3,(H,24,25)(H,19,20,21). The number of benzene rings is 1. The Balaban J connectivity index is 1.66. The lowest BCUT2D eigenvalue weighted by atomic mass is 9.97. The molecule has 1 aliphatic heterocycles. The lowest BCUT2D eigenvalue weighted by molar-refractivity contribution is -0.142. The second-order valence-electron chi connectivity index (χ2n) is 6.40. The van der Waals surface area contributed by atoms with E-state index in [0.29, 0.717) is 31.9 Å². The number of carbonyl (C=O) groups is 1. The topological polar surface area (TPSA) is 81.6 Å². The summed E-state index contributed by atoms with van der Waals surface area (Å²) in [5.74, 6) is 0.415. The van der Waals surface area contributed by atoms with Crippen molar-refractivity contribution >= 4 is 29.1 Å².